The number of rotatable bonds is 3. The fourth-order valence-corrected chi connectivity index (χ4v) is 3.95. The van der Waals surface area contributed by atoms with Crippen molar-refractivity contribution in [2.75, 3.05) is 19.7 Å². The summed E-state index contributed by atoms with van der Waals surface area (Å²) in [6.45, 7) is 8.22. The van der Waals surface area contributed by atoms with Crippen LogP contribution in [0.2, 0.25) is 0 Å². The van der Waals surface area contributed by atoms with Gasteiger partial charge in [0.25, 0.3) is 5.91 Å². The molecule has 0 radical (unpaired) electrons. The molecule has 3 rings (SSSR count). The quantitative estimate of drug-likeness (QED) is 0.932. The molecule has 1 amide bonds. The lowest BCUT2D eigenvalue weighted by Crippen LogP contribution is -2.36. The predicted octanol–water partition coefficient (Wildman–Crippen LogP) is 2.56. The molecule has 0 spiro atoms. The SMILES string of the molecule is CC(C)(C)c1ccccc1OCC(=O)N1CC2CCC(N)C2C1. The van der Waals surface area contributed by atoms with Gasteiger partial charge in [0.05, 0.1) is 0 Å². The van der Waals surface area contributed by atoms with Crippen LogP contribution >= 0.6 is 0 Å². The highest BCUT2D eigenvalue weighted by Crippen LogP contribution is 2.37. The summed E-state index contributed by atoms with van der Waals surface area (Å²) in [5, 5.41) is 0. The number of nitrogens with zero attached hydrogens (tertiary/aromatic N) is 1. The van der Waals surface area contributed by atoms with Gasteiger partial charge in [-0.2, -0.15) is 0 Å². The second-order valence-electron chi connectivity index (χ2n) is 8.00. The molecule has 0 bridgehead atoms. The normalized spacial score (nSPS) is 27.1. The van der Waals surface area contributed by atoms with Gasteiger partial charge in [0.1, 0.15) is 5.75 Å². The molecule has 23 heavy (non-hydrogen) atoms. The second kappa shape index (κ2) is 6.16. The Morgan fingerprint density at radius 2 is 2.00 bits per heavy atom. The van der Waals surface area contributed by atoms with Gasteiger partial charge < -0.3 is 15.4 Å². The highest BCUT2D eigenvalue weighted by molar-refractivity contribution is 5.78. The number of fused-ring (bicyclic) bond motifs is 1. The van der Waals surface area contributed by atoms with E-state index in [9.17, 15) is 4.79 Å². The molecule has 1 saturated carbocycles. The van der Waals surface area contributed by atoms with Crippen LogP contribution in [-0.4, -0.2) is 36.5 Å². The van der Waals surface area contributed by atoms with Gasteiger partial charge in [-0.15, -0.1) is 0 Å². The Hall–Kier alpha value is -1.55. The van der Waals surface area contributed by atoms with Crippen molar-refractivity contribution < 1.29 is 9.53 Å². The van der Waals surface area contributed by atoms with Crippen LogP contribution in [0.1, 0.15) is 39.2 Å². The largest absolute Gasteiger partial charge is 0.483 e. The van der Waals surface area contributed by atoms with Crippen molar-refractivity contribution in [3.8, 4) is 5.75 Å². The number of carbonyl (C=O) groups is 1. The first kappa shape index (κ1) is 16.3. The number of benzene rings is 1. The van der Waals surface area contributed by atoms with Crippen molar-refractivity contribution >= 4 is 5.91 Å². The van der Waals surface area contributed by atoms with Crippen LogP contribution in [-0.2, 0) is 10.2 Å². The molecule has 1 aromatic carbocycles. The third-order valence-corrected chi connectivity index (χ3v) is 5.31. The van der Waals surface area contributed by atoms with E-state index < -0.39 is 0 Å². The fourth-order valence-electron chi connectivity index (χ4n) is 3.95. The van der Waals surface area contributed by atoms with E-state index >= 15 is 0 Å². The zero-order valence-electron chi connectivity index (χ0n) is 14.4. The van der Waals surface area contributed by atoms with E-state index in [1.165, 1.54) is 0 Å². The van der Waals surface area contributed by atoms with Crippen LogP contribution in [0.5, 0.6) is 5.75 Å². The van der Waals surface area contributed by atoms with Crippen LogP contribution < -0.4 is 10.5 Å². The molecule has 0 aromatic heterocycles. The fraction of sp³-hybridized carbons (Fsp3) is 0.632. The van der Waals surface area contributed by atoms with Crippen molar-refractivity contribution in [2.45, 2.75) is 45.1 Å². The minimum Gasteiger partial charge on any atom is -0.483 e. The van der Waals surface area contributed by atoms with E-state index in [-0.39, 0.29) is 24.0 Å². The molecule has 1 aliphatic heterocycles. The lowest BCUT2D eigenvalue weighted by Gasteiger charge is -2.23. The summed E-state index contributed by atoms with van der Waals surface area (Å²) in [5.74, 6) is 1.97. The number of carbonyl (C=O) groups excluding carboxylic acids is 1. The first-order chi connectivity index (χ1) is 10.9. The molecule has 1 aromatic rings. The van der Waals surface area contributed by atoms with E-state index in [0.717, 1.165) is 37.2 Å². The summed E-state index contributed by atoms with van der Waals surface area (Å²) < 4.78 is 5.86. The topological polar surface area (TPSA) is 55.6 Å². The zero-order valence-corrected chi connectivity index (χ0v) is 14.4. The lowest BCUT2D eigenvalue weighted by atomic mass is 9.86. The van der Waals surface area contributed by atoms with Crippen molar-refractivity contribution in [3.63, 3.8) is 0 Å². The summed E-state index contributed by atoms with van der Waals surface area (Å²) in [7, 11) is 0. The minimum atomic E-state index is -0.00290. The Balaban J connectivity index is 1.60. The van der Waals surface area contributed by atoms with E-state index in [1.807, 2.05) is 23.1 Å². The number of hydrogen-bond donors (Lipinski definition) is 1. The third-order valence-electron chi connectivity index (χ3n) is 5.31. The zero-order chi connectivity index (χ0) is 16.6. The summed E-state index contributed by atoms with van der Waals surface area (Å²) in [5.41, 5.74) is 7.28. The highest BCUT2D eigenvalue weighted by Gasteiger charge is 2.42. The van der Waals surface area contributed by atoms with Gasteiger partial charge in [-0.25, -0.2) is 0 Å². The van der Waals surface area contributed by atoms with Gasteiger partial charge in [0.15, 0.2) is 6.61 Å². The van der Waals surface area contributed by atoms with Crippen LogP contribution in [0.15, 0.2) is 24.3 Å². The Labute approximate surface area is 139 Å². The summed E-state index contributed by atoms with van der Waals surface area (Å²) >= 11 is 0. The standard InChI is InChI=1S/C19H28N2O2/c1-19(2,3)15-6-4-5-7-17(15)23-12-18(22)21-10-13-8-9-16(20)14(13)11-21/h4-7,13-14,16H,8-12,20H2,1-3H3. The Morgan fingerprint density at radius 1 is 1.26 bits per heavy atom. The average Bonchev–Trinajstić information content (AvgIpc) is 3.07. The maximum Gasteiger partial charge on any atom is 0.260 e. The number of hydrogen-bond acceptors (Lipinski definition) is 3. The van der Waals surface area contributed by atoms with Crippen molar-refractivity contribution in [3.05, 3.63) is 29.8 Å². The van der Waals surface area contributed by atoms with E-state index in [4.69, 9.17) is 10.5 Å². The first-order valence-corrected chi connectivity index (χ1v) is 8.62. The minimum absolute atomic E-state index is 0.00290. The van der Waals surface area contributed by atoms with Gasteiger partial charge in [0.2, 0.25) is 0 Å². The predicted molar refractivity (Wildman–Crippen MR) is 91.4 cm³/mol. The molecular weight excluding hydrogens is 288 g/mol. The number of nitrogens with two attached hydrogens (primary N) is 1. The molecule has 2 N–H and O–H groups in total. The molecule has 126 valence electrons. The number of para-hydroxylation sites is 1. The van der Waals surface area contributed by atoms with Gasteiger partial charge >= 0.3 is 0 Å². The lowest BCUT2D eigenvalue weighted by molar-refractivity contribution is -0.132. The van der Waals surface area contributed by atoms with Gasteiger partial charge in [-0.1, -0.05) is 39.0 Å². The molecule has 3 unspecified atom stereocenters. The van der Waals surface area contributed by atoms with Crippen LogP contribution in [0.3, 0.4) is 0 Å². The van der Waals surface area contributed by atoms with E-state index in [2.05, 4.69) is 26.8 Å². The Kier molecular flexibility index (Phi) is 4.37. The average molecular weight is 316 g/mol. The molecule has 3 atom stereocenters. The molecule has 2 fully saturated rings. The summed E-state index contributed by atoms with van der Waals surface area (Å²) in [6.07, 6.45) is 2.26. The van der Waals surface area contributed by atoms with Crippen LogP contribution in [0.4, 0.5) is 0 Å². The maximum absolute atomic E-state index is 12.5. The van der Waals surface area contributed by atoms with Crippen molar-refractivity contribution in [2.24, 2.45) is 17.6 Å². The maximum atomic E-state index is 12.5. The third kappa shape index (κ3) is 3.37. The van der Waals surface area contributed by atoms with Crippen LogP contribution in [0, 0.1) is 11.8 Å². The van der Waals surface area contributed by atoms with Crippen LogP contribution in [0.25, 0.3) is 0 Å². The van der Waals surface area contributed by atoms with Crippen molar-refractivity contribution in [1.82, 2.24) is 4.90 Å². The van der Waals surface area contributed by atoms with E-state index in [0.29, 0.717) is 11.8 Å². The molecule has 1 saturated heterocycles. The van der Waals surface area contributed by atoms with Gasteiger partial charge in [-0.05, 0) is 41.7 Å². The summed E-state index contributed by atoms with van der Waals surface area (Å²) in [6, 6.07) is 8.24. The molecule has 1 aliphatic carbocycles. The summed E-state index contributed by atoms with van der Waals surface area (Å²) in [4.78, 5) is 14.4. The number of likely N-dealkylation sites (tertiary alicyclic amines) is 1. The first-order valence-electron chi connectivity index (χ1n) is 8.62. The van der Waals surface area contributed by atoms with E-state index in [1.54, 1.807) is 0 Å². The molecule has 4 heteroatoms. The van der Waals surface area contributed by atoms with Crippen molar-refractivity contribution in [1.29, 1.82) is 0 Å². The smallest absolute Gasteiger partial charge is 0.260 e. The monoisotopic (exact) mass is 316 g/mol. The molecule has 2 aliphatic rings. The number of amides is 1. The molecular formula is C19H28N2O2. The van der Waals surface area contributed by atoms with Gasteiger partial charge in [-0.3, -0.25) is 4.79 Å². The highest BCUT2D eigenvalue weighted by atomic mass is 16.5. The Bertz CT molecular complexity index is 579. The second-order valence-corrected chi connectivity index (χ2v) is 8.00. The Morgan fingerprint density at radius 3 is 2.70 bits per heavy atom. The number of ether oxygens (including phenoxy) is 1. The van der Waals surface area contributed by atoms with Gasteiger partial charge in [0, 0.05) is 19.1 Å². The molecule has 4 nitrogen and oxygen atoms in total. The molecule has 1 heterocycles.